The summed E-state index contributed by atoms with van der Waals surface area (Å²) < 4.78 is 5.68. The largest absolute Gasteiger partial charge is 0.437 e. The molecule has 0 spiro atoms. The summed E-state index contributed by atoms with van der Waals surface area (Å²) in [4.78, 5) is 13.5. The van der Waals surface area contributed by atoms with Crippen LogP contribution in [0.4, 0.5) is 11.6 Å². The van der Waals surface area contributed by atoms with E-state index in [0.717, 1.165) is 12.2 Å². The molecule has 0 bridgehead atoms. The van der Waals surface area contributed by atoms with Gasteiger partial charge in [0.15, 0.2) is 11.5 Å². The molecule has 0 fully saturated rings. The minimum absolute atomic E-state index is 0.0600. The maximum absolute atomic E-state index is 11.4. The molecule has 0 saturated heterocycles. The lowest BCUT2D eigenvalue weighted by Crippen LogP contribution is -2.15. The summed E-state index contributed by atoms with van der Waals surface area (Å²) in [7, 11) is 0. The highest BCUT2D eigenvalue weighted by atomic mass is 16.4. The minimum Gasteiger partial charge on any atom is -0.437 e. The van der Waals surface area contributed by atoms with Crippen LogP contribution >= 0.6 is 0 Å². The lowest BCUT2D eigenvalue weighted by Gasteiger charge is -2.22. The molecule has 0 aliphatic rings. The Kier molecular flexibility index (Phi) is 3.48. The fourth-order valence-corrected chi connectivity index (χ4v) is 2.55. The van der Waals surface area contributed by atoms with E-state index in [1.54, 1.807) is 6.07 Å². The first kappa shape index (κ1) is 13.4. The zero-order chi connectivity index (χ0) is 14.8. The van der Waals surface area contributed by atoms with E-state index in [0.29, 0.717) is 11.6 Å². The second-order valence-electron chi connectivity index (χ2n) is 4.94. The predicted octanol–water partition coefficient (Wildman–Crippen LogP) is 4.79. The molecule has 0 saturated carbocycles. The SMILES string of the molecule is CCN(c1ccc(C(C)=O)o1)c1cccc2ccccc12. The van der Waals surface area contributed by atoms with E-state index in [2.05, 4.69) is 36.1 Å². The van der Waals surface area contributed by atoms with Crippen LogP contribution in [-0.2, 0) is 0 Å². The monoisotopic (exact) mass is 279 g/mol. The van der Waals surface area contributed by atoms with E-state index in [1.807, 2.05) is 24.3 Å². The molecule has 3 rings (SSSR count). The Balaban J connectivity index is 2.11. The number of nitrogens with zero attached hydrogens (tertiary/aromatic N) is 1. The average Bonchev–Trinajstić information content (AvgIpc) is 2.98. The topological polar surface area (TPSA) is 33.5 Å². The Morgan fingerprint density at radius 1 is 1.05 bits per heavy atom. The number of rotatable bonds is 4. The maximum atomic E-state index is 11.4. The lowest BCUT2D eigenvalue weighted by atomic mass is 10.1. The number of carbonyl (C=O) groups excluding carboxylic acids is 1. The molecule has 0 N–H and O–H groups in total. The van der Waals surface area contributed by atoms with Crippen molar-refractivity contribution in [2.75, 3.05) is 11.4 Å². The Bertz CT molecular complexity index is 783. The fourth-order valence-electron chi connectivity index (χ4n) is 2.55. The van der Waals surface area contributed by atoms with Crippen molar-refractivity contribution in [3.8, 4) is 0 Å². The molecule has 3 heteroatoms. The van der Waals surface area contributed by atoms with Crippen LogP contribution in [0.3, 0.4) is 0 Å². The number of Topliss-reactive ketones (excluding diaryl/α,β-unsaturated/α-hetero) is 1. The number of anilines is 2. The summed E-state index contributed by atoms with van der Waals surface area (Å²) in [5.74, 6) is 1.03. The molecule has 0 aliphatic heterocycles. The maximum Gasteiger partial charge on any atom is 0.200 e. The second-order valence-corrected chi connectivity index (χ2v) is 4.94. The van der Waals surface area contributed by atoms with E-state index >= 15 is 0 Å². The van der Waals surface area contributed by atoms with Gasteiger partial charge in [-0.15, -0.1) is 0 Å². The molecule has 0 radical (unpaired) electrons. The molecule has 3 aromatic rings. The molecule has 0 aliphatic carbocycles. The zero-order valence-electron chi connectivity index (χ0n) is 12.2. The van der Waals surface area contributed by atoms with Crippen molar-refractivity contribution in [1.82, 2.24) is 0 Å². The van der Waals surface area contributed by atoms with Crippen LogP contribution in [0.15, 0.2) is 59.0 Å². The van der Waals surface area contributed by atoms with Gasteiger partial charge in [-0.1, -0.05) is 36.4 Å². The van der Waals surface area contributed by atoms with Crippen LogP contribution in [0.25, 0.3) is 10.8 Å². The van der Waals surface area contributed by atoms with Crippen LogP contribution in [-0.4, -0.2) is 12.3 Å². The van der Waals surface area contributed by atoms with Gasteiger partial charge in [-0.25, -0.2) is 0 Å². The molecule has 106 valence electrons. The van der Waals surface area contributed by atoms with Gasteiger partial charge >= 0.3 is 0 Å². The van der Waals surface area contributed by atoms with Gasteiger partial charge in [0, 0.05) is 24.9 Å². The first-order valence-electron chi connectivity index (χ1n) is 7.06. The third-order valence-corrected chi connectivity index (χ3v) is 3.58. The molecule has 21 heavy (non-hydrogen) atoms. The number of hydrogen-bond donors (Lipinski definition) is 0. The van der Waals surface area contributed by atoms with Gasteiger partial charge in [-0.05, 0) is 24.4 Å². The third-order valence-electron chi connectivity index (χ3n) is 3.58. The Morgan fingerprint density at radius 2 is 1.81 bits per heavy atom. The van der Waals surface area contributed by atoms with Gasteiger partial charge in [-0.2, -0.15) is 0 Å². The molecule has 0 unspecified atom stereocenters. The summed E-state index contributed by atoms with van der Waals surface area (Å²) in [6.07, 6.45) is 0. The first-order chi connectivity index (χ1) is 10.2. The third kappa shape index (κ3) is 2.42. The Morgan fingerprint density at radius 3 is 2.52 bits per heavy atom. The minimum atomic E-state index is -0.0600. The average molecular weight is 279 g/mol. The molecule has 1 heterocycles. The number of carbonyl (C=O) groups is 1. The van der Waals surface area contributed by atoms with E-state index in [4.69, 9.17) is 4.42 Å². The highest BCUT2D eigenvalue weighted by molar-refractivity contribution is 5.96. The van der Waals surface area contributed by atoms with Crippen molar-refractivity contribution in [3.63, 3.8) is 0 Å². The van der Waals surface area contributed by atoms with Crippen molar-refractivity contribution in [2.45, 2.75) is 13.8 Å². The normalized spacial score (nSPS) is 10.8. The molecule has 1 aromatic heterocycles. The van der Waals surface area contributed by atoms with Gasteiger partial charge in [-0.3, -0.25) is 4.79 Å². The smallest absolute Gasteiger partial charge is 0.200 e. The van der Waals surface area contributed by atoms with Gasteiger partial charge in [0.25, 0.3) is 0 Å². The van der Waals surface area contributed by atoms with Crippen LogP contribution in [0.5, 0.6) is 0 Å². The summed E-state index contributed by atoms with van der Waals surface area (Å²) in [5, 5.41) is 2.36. The Labute approximate surface area is 123 Å². The van der Waals surface area contributed by atoms with Gasteiger partial charge in [0.1, 0.15) is 0 Å². The number of furan rings is 1. The summed E-state index contributed by atoms with van der Waals surface area (Å²) in [6.45, 7) is 4.34. The molecular weight excluding hydrogens is 262 g/mol. The molecule has 3 nitrogen and oxygen atoms in total. The van der Waals surface area contributed by atoms with Crippen molar-refractivity contribution < 1.29 is 9.21 Å². The summed E-state index contributed by atoms with van der Waals surface area (Å²) >= 11 is 0. The van der Waals surface area contributed by atoms with Crippen LogP contribution < -0.4 is 4.90 Å². The zero-order valence-corrected chi connectivity index (χ0v) is 12.2. The van der Waals surface area contributed by atoms with E-state index in [1.165, 1.54) is 17.7 Å². The summed E-state index contributed by atoms with van der Waals surface area (Å²) in [6, 6.07) is 18.0. The summed E-state index contributed by atoms with van der Waals surface area (Å²) in [5.41, 5.74) is 1.08. The second kappa shape index (κ2) is 5.44. The molecule has 2 aromatic carbocycles. The van der Waals surface area contributed by atoms with Gasteiger partial charge in [0.05, 0.1) is 5.69 Å². The highest BCUT2D eigenvalue weighted by Crippen LogP contribution is 2.33. The number of ketones is 1. The van der Waals surface area contributed by atoms with Crippen LogP contribution in [0, 0.1) is 0 Å². The van der Waals surface area contributed by atoms with E-state index in [-0.39, 0.29) is 5.78 Å². The molecular formula is C18H17NO2. The van der Waals surface area contributed by atoms with Crippen molar-refractivity contribution >= 4 is 28.1 Å². The van der Waals surface area contributed by atoms with Crippen molar-refractivity contribution in [3.05, 3.63) is 60.4 Å². The Hall–Kier alpha value is -2.55. The fraction of sp³-hybridized carbons (Fsp3) is 0.167. The van der Waals surface area contributed by atoms with Gasteiger partial charge < -0.3 is 9.32 Å². The van der Waals surface area contributed by atoms with Crippen molar-refractivity contribution in [1.29, 1.82) is 0 Å². The van der Waals surface area contributed by atoms with E-state index < -0.39 is 0 Å². The number of fused-ring (bicyclic) bond motifs is 1. The van der Waals surface area contributed by atoms with Crippen LogP contribution in [0.2, 0.25) is 0 Å². The lowest BCUT2D eigenvalue weighted by molar-refractivity contribution is 0.0988. The molecule has 0 amide bonds. The van der Waals surface area contributed by atoms with Crippen LogP contribution in [0.1, 0.15) is 24.4 Å². The predicted molar refractivity (Wildman–Crippen MR) is 85.3 cm³/mol. The highest BCUT2D eigenvalue weighted by Gasteiger charge is 2.15. The van der Waals surface area contributed by atoms with Gasteiger partial charge in [0.2, 0.25) is 5.88 Å². The number of benzene rings is 2. The first-order valence-corrected chi connectivity index (χ1v) is 7.06. The van der Waals surface area contributed by atoms with Crippen molar-refractivity contribution in [2.24, 2.45) is 0 Å². The van der Waals surface area contributed by atoms with E-state index in [9.17, 15) is 4.79 Å². The molecule has 0 atom stereocenters. The standard InChI is InChI=1S/C18H17NO2/c1-3-19(18-12-11-17(21-18)13(2)20)16-10-6-8-14-7-4-5-9-15(14)16/h4-12H,3H2,1-2H3. The number of hydrogen-bond acceptors (Lipinski definition) is 3. The quantitative estimate of drug-likeness (QED) is 0.644.